The van der Waals surface area contributed by atoms with E-state index in [1.54, 1.807) is 11.1 Å². The zero-order valence-electron chi connectivity index (χ0n) is 41.5. The number of allylic oxidation sites excluding steroid dienone is 18. The van der Waals surface area contributed by atoms with Crippen molar-refractivity contribution < 1.29 is 0 Å². The summed E-state index contributed by atoms with van der Waals surface area (Å²) in [5, 5.41) is 7.13. The summed E-state index contributed by atoms with van der Waals surface area (Å²) in [7, 11) is 0. The molecule has 0 heterocycles. The van der Waals surface area contributed by atoms with Crippen molar-refractivity contribution in [1.29, 1.82) is 0 Å². The van der Waals surface area contributed by atoms with Crippen LogP contribution in [0.1, 0.15) is 187 Å². The van der Waals surface area contributed by atoms with Gasteiger partial charge in [-0.3, -0.25) is 0 Å². The smallest absolute Gasteiger partial charge is 0.0341 e. The van der Waals surface area contributed by atoms with Crippen molar-refractivity contribution in [3.63, 3.8) is 0 Å². The first-order chi connectivity index (χ1) is 28.6. The molecule has 0 bridgehead atoms. The second kappa shape index (κ2) is 40.5. The molecule has 336 valence electrons. The van der Waals surface area contributed by atoms with E-state index in [4.69, 9.17) is 0 Å². The van der Waals surface area contributed by atoms with E-state index in [2.05, 4.69) is 152 Å². The second-order valence-corrected chi connectivity index (χ2v) is 16.4. The Kier molecular flexibility index (Phi) is 39.9. The van der Waals surface area contributed by atoms with E-state index in [0.717, 1.165) is 44.2 Å². The molecule has 0 aromatic rings. The van der Waals surface area contributed by atoms with Gasteiger partial charge in [-0.25, -0.2) is 0 Å². The summed E-state index contributed by atoms with van der Waals surface area (Å²) in [5.41, 5.74) is 6.32. The van der Waals surface area contributed by atoms with Crippen molar-refractivity contribution in [2.24, 2.45) is 17.8 Å². The van der Waals surface area contributed by atoms with Gasteiger partial charge in [-0.2, -0.15) is 0 Å². The molecule has 2 heteroatoms. The Bertz CT molecular complexity index is 1320. The van der Waals surface area contributed by atoms with Gasteiger partial charge in [0.25, 0.3) is 0 Å². The molecule has 0 aromatic carbocycles. The summed E-state index contributed by atoms with van der Waals surface area (Å²) in [4.78, 5) is 0. The minimum absolute atomic E-state index is 0.203. The van der Waals surface area contributed by atoms with Crippen LogP contribution in [-0.4, -0.2) is 24.7 Å². The van der Waals surface area contributed by atoms with E-state index >= 15 is 0 Å². The average molecular weight is 811 g/mol. The van der Waals surface area contributed by atoms with Gasteiger partial charge in [0, 0.05) is 24.0 Å². The molecule has 0 amide bonds. The number of hydrogen-bond donors (Lipinski definition) is 2. The topological polar surface area (TPSA) is 24.1 Å². The lowest BCUT2D eigenvalue weighted by molar-refractivity contribution is 0.339. The number of nitrogens with one attached hydrogen (secondary N) is 2. The van der Waals surface area contributed by atoms with Crippen LogP contribution in [0.5, 0.6) is 0 Å². The van der Waals surface area contributed by atoms with Gasteiger partial charge >= 0.3 is 0 Å². The van der Waals surface area contributed by atoms with E-state index < -0.39 is 0 Å². The third-order valence-electron chi connectivity index (χ3n) is 11.3. The quantitative estimate of drug-likeness (QED) is 0.113. The molecule has 0 saturated carbocycles. The van der Waals surface area contributed by atoms with Gasteiger partial charge in [-0.15, -0.1) is 0 Å². The van der Waals surface area contributed by atoms with Crippen LogP contribution in [0.4, 0.5) is 0 Å². The van der Waals surface area contributed by atoms with Crippen molar-refractivity contribution in [1.82, 2.24) is 10.6 Å². The number of rotatable bonds is 17. The number of hydrogen-bond acceptors (Lipinski definition) is 2. The lowest BCUT2D eigenvalue weighted by Gasteiger charge is -2.23. The minimum atomic E-state index is 0.203. The maximum Gasteiger partial charge on any atom is 0.0341 e. The summed E-state index contributed by atoms with van der Waals surface area (Å²) in [6.45, 7) is 32.3. The fourth-order valence-corrected chi connectivity index (χ4v) is 7.20. The maximum atomic E-state index is 3.64. The van der Waals surface area contributed by atoms with Crippen molar-refractivity contribution in [2.75, 3.05) is 13.1 Å². The van der Waals surface area contributed by atoms with Crippen LogP contribution in [-0.2, 0) is 0 Å². The molecule has 4 aliphatic carbocycles. The fraction of sp³-hybridized carbons (Fsp3) is 0.614. The van der Waals surface area contributed by atoms with Gasteiger partial charge in [0.1, 0.15) is 0 Å². The fourth-order valence-electron chi connectivity index (χ4n) is 7.20. The molecule has 5 unspecified atom stereocenters. The Labute approximate surface area is 370 Å². The minimum Gasteiger partial charge on any atom is -0.310 e. The maximum absolute atomic E-state index is 3.64. The van der Waals surface area contributed by atoms with E-state index in [0.29, 0.717) is 12.0 Å². The molecule has 4 rings (SSSR count). The van der Waals surface area contributed by atoms with Gasteiger partial charge in [0.2, 0.25) is 0 Å². The summed E-state index contributed by atoms with van der Waals surface area (Å²) < 4.78 is 0. The highest BCUT2D eigenvalue weighted by Crippen LogP contribution is 2.29. The van der Waals surface area contributed by atoms with E-state index in [1.165, 1.54) is 81.8 Å². The molecule has 0 spiro atoms. The molecule has 0 fully saturated rings. The van der Waals surface area contributed by atoms with Gasteiger partial charge in [0.05, 0.1) is 0 Å². The second-order valence-electron chi connectivity index (χ2n) is 16.4. The van der Waals surface area contributed by atoms with E-state index in [9.17, 15) is 0 Å². The van der Waals surface area contributed by atoms with Gasteiger partial charge in [-0.05, 0) is 134 Å². The summed E-state index contributed by atoms with van der Waals surface area (Å²) >= 11 is 0. The summed E-state index contributed by atoms with van der Waals surface area (Å²) in [6.07, 6.45) is 57.5. The lowest BCUT2D eigenvalue weighted by Crippen LogP contribution is -2.38. The van der Waals surface area contributed by atoms with Gasteiger partial charge < -0.3 is 10.6 Å². The van der Waals surface area contributed by atoms with Crippen LogP contribution in [0, 0.1) is 17.8 Å². The Morgan fingerprint density at radius 2 is 1.49 bits per heavy atom. The molecule has 0 aliphatic heterocycles. The standard InChI is InChI=1S/C20H32N2.C11H14.C10H22.C8H14.C6H10.C2H6/c1-4-17(18-10-12-19(13-11-18)21-5-2)9-8-16-22-20(3)14-6-7-15-20;1-2-6-10(7-3-1)11-8-4-5-9-11;1-5-7-9(3)10(4)8-6-2;1-4-6-7-8(3)5-2;1-3-5-6-4-2;1-2/h6,8-12,14,17,19,21-22H,4-5,7,13,15-16H2,1-3H3;1-2,6,8H,3-5,7,9H2;9-10H,5-8H2,1-4H3;4,6-7H,5H2,1-3H3;3-6H,1-2H3;1-2H3/b9-8-;;;6-4-,8-7-;5-3-,6-4-;. The normalized spacial score (nSPS) is 21.2. The van der Waals surface area contributed by atoms with Crippen LogP contribution in [0.3, 0.4) is 0 Å². The number of likely N-dealkylation sites (N-methyl/N-ethyl adjacent to an activating group) is 1. The summed E-state index contributed by atoms with van der Waals surface area (Å²) in [6, 6.07) is 0.519. The molecule has 2 nitrogen and oxygen atoms in total. The predicted molar refractivity (Wildman–Crippen MR) is 273 cm³/mol. The highest BCUT2D eigenvalue weighted by molar-refractivity contribution is 5.37. The van der Waals surface area contributed by atoms with Gasteiger partial charge in [0.15, 0.2) is 0 Å². The van der Waals surface area contributed by atoms with Crippen LogP contribution in [0.2, 0.25) is 0 Å². The molecule has 0 saturated heterocycles. The van der Waals surface area contributed by atoms with Crippen molar-refractivity contribution >= 4 is 0 Å². The average Bonchev–Trinajstić information content (AvgIpc) is 3.98. The summed E-state index contributed by atoms with van der Waals surface area (Å²) in [5.74, 6) is 2.42. The first-order valence-electron chi connectivity index (χ1n) is 24.4. The Morgan fingerprint density at radius 3 is 1.93 bits per heavy atom. The first-order valence-corrected chi connectivity index (χ1v) is 24.4. The van der Waals surface area contributed by atoms with Crippen LogP contribution < -0.4 is 10.6 Å². The zero-order valence-corrected chi connectivity index (χ0v) is 41.5. The van der Waals surface area contributed by atoms with Crippen molar-refractivity contribution in [3.05, 3.63) is 132 Å². The highest BCUT2D eigenvalue weighted by Gasteiger charge is 2.22. The Hall–Kier alpha value is -2.94. The van der Waals surface area contributed by atoms with E-state index in [-0.39, 0.29) is 5.54 Å². The molecular weight excluding hydrogens is 713 g/mol. The molecule has 4 aliphatic rings. The molecular formula is C57H98N2. The van der Waals surface area contributed by atoms with Crippen LogP contribution >= 0.6 is 0 Å². The molecule has 0 radical (unpaired) electrons. The van der Waals surface area contributed by atoms with Crippen molar-refractivity contribution in [2.45, 2.75) is 198 Å². The SMILES string of the molecule is C/C=C\C=C(\C)CC.C/C=C\C=C/C.C1=CCCC(C2=CCCC2)=C1.CC.CCCC(C)C(C)CCC.CCNC1C=CC(C(/C=C\CNC2(C)C=CCC2)CC)=CC1. The lowest BCUT2D eigenvalue weighted by atomic mass is 9.89. The third kappa shape index (κ3) is 30.7. The largest absolute Gasteiger partial charge is 0.310 e. The third-order valence-corrected chi connectivity index (χ3v) is 11.3. The van der Waals surface area contributed by atoms with E-state index in [1.807, 2.05) is 65.0 Å². The predicted octanol–water partition coefficient (Wildman–Crippen LogP) is 17.4. The van der Waals surface area contributed by atoms with Crippen LogP contribution in [0.15, 0.2) is 132 Å². The Morgan fingerprint density at radius 1 is 0.831 bits per heavy atom. The first kappa shape index (κ1) is 58.2. The molecule has 5 atom stereocenters. The Balaban J connectivity index is 0. The monoisotopic (exact) mass is 811 g/mol. The highest BCUT2D eigenvalue weighted by atomic mass is 15.0. The van der Waals surface area contributed by atoms with Crippen molar-refractivity contribution in [3.8, 4) is 0 Å². The molecule has 2 N–H and O–H groups in total. The zero-order chi connectivity index (χ0) is 44.6. The molecule has 0 aromatic heterocycles. The van der Waals surface area contributed by atoms with Crippen LogP contribution in [0.25, 0.3) is 0 Å². The van der Waals surface area contributed by atoms with Gasteiger partial charge in [-0.1, -0.05) is 203 Å². The molecule has 59 heavy (non-hydrogen) atoms.